The van der Waals surface area contributed by atoms with Crippen LogP contribution in [0.4, 0.5) is 9.52 Å². The number of halogens is 1. The molecule has 1 aromatic carbocycles. The van der Waals surface area contributed by atoms with Gasteiger partial charge >= 0.3 is 0 Å². The minimum Gasteiger partial charge on any atom is -0.379 e. The first-order valence-electron chi connectivity index (χ1n) is 9.74. The number of carbonyl (C=O) groups is 1. The van der Waals surface area contributed by atoms with Gasteiger partial charge in [0.15, 0.2) is 5.13 Å². The second-order valence-corrected chi connectivity index (χ2v) is 8.28. The van der Waals surface area contributed by atoms with Crippen LogP contribution in [0.25, 0.3) is 10.2 Å². The van der Waals surface area contributed by atoms with Crippen LogP contribution in [0.1, 0.15) is 30.4 Å². The molecule has 3 heterocycles. The summed E-state index contributed by atoms with van der Waals surface area (Å²) in [6.45, 7) is 8.28. The number of rotatable bonds is 6. The van der Waals surface area contributed by atoms with E-state index in [1.54, 1.807) is 27.9 Å². The van der Waals surface area contributed by atoms with E-state index in [1.165, 1.54) is 23.5 Å². The summed E-state index contributed by atoms with van der Waals surface area (Å²) < 4.78 is 21.5. The second kappa shape index (κ2) is 8.56. The topological polar surface area (TPSA) is 63.5 Å². The molecule has 1 fully saturated rings. The summed E-state index contributed by atoms with van der Waals surface area (Å²) in [5.41, 5.74) is 1.21. The van der Waals surface area contributed by atoms with Crippen molar-refractivity contribution in [2.24, 2.45) is 0 Å². The number of aromatic nitrogens is 3. The van der Waals surface area contributed by atoms with Crippen LogP contribution < -0.4 is 4.90 Å². The van der Waals surface area contributed by atoms with E-state index in [2.05, 4.69) is 15.0 Å². The summed E-state index contributed by atoms with van der Waals surface area (Å²) in [4.78, 5) is 22.0. The van der Waals surface area contributed by atoms with Gasteiger partial charge in [0.25, 0.3) is 5.91 Å². The molecule has 4 rings (SSSR count). The molecule has 0 radical (unpaired) electrons. The molecule has 2 aromatic heterocycles. The van der Waals surface area contributed by atoms with Crippen LogP contribution >= 0.6 is 11.3 Å². The highest BCUT2D eigenvalue weighted by atomic mass is 32.1. The van der Waals surface area contributed by atoms with Crippen molar-refractivity contribution in [3.05, 3.63) is 42.0 Å². The molecule has 3 aromatic rings. The van der Waals surface area contributed by atoms with Crippen LogP contribution in [-0.4, -0.2) is 65.0 Å². The van der Waals surface area contributed by atoms with Crippen molar-refractivity contribution in [3.63, 3.8) is 0 Å². The number of nitrogens with zero attached hydrogens (tertiary/aromatic N) is 5. The Morgan fingerprint density at radius 1 is 1.31 bits per heavy atom. The second-order valence-electron chi connectivity index (χ2n) is 7.27. The molecule has 0 atom stereocenters. The highest BCUT2D eigenvalue weighted by molar-refractivity contribution is 7.22. The molecule has 0 spiro atoms. The number of morpholine rings is 1. The van der Waals surface area contributed by atoms with Crippen molar-refractivity contribution in [1.29, 1.82) is 0 Å². The van der Waals surface area contributed by atoms with Gasteiger partial charge in [-0.05, 0) is 38.1 Å². The Balaban J connectivity index is 1.65. The molecule has 0 aliphatic carbocycles. The van der Waals surface area contributed by atoms with Crippen LogP contribution in [0.3, 0.4) is 0 Å². The molecule has 0 unspecified atom stereocenters. The van der Waals surface area contributed by atoms with E-state index in [9.17, 15) is 9.18 Å². The van der Waals surface area contributed by atoms with E-state index >= 15 is 0 Å². The van der Waals surface area contributed by atoms with Gasteiger partial charge in [0, 0.05) is 38.4 Å². The zero-order chi connectivity index (χ0) is 20.4. The van der Waals surface area contributed by atoms with Crippen LogP contribution in [0.15, 0.2) is 30.5 Å². The molecule has 29 heavy (non-hydrogen) atoms. The Morgan fingerprint density at radius 3 is 2.86 bits per heavy atom. The van der Waals surface area contributed by atoms with Crippen molar-refractivity contribution in [2.75, 3.05) is 44.3 Å². The van der Waals surface area contributed by atoms with Crippen molar-refractivity contribution < 1.29 is 13.9 Å². The van der Waals surface area contributed by atoms with E-state index in [4.69, 9.17) is 4.74 Å². The first kappa shape index (κ1) is 19.9. The number of fused-ring (bicyclic) bond motifs is 1. The maximum atomic E-state index is 13.6. The zero-order valence-electron chi connectivity index (χ0n) is 16.5. The monoisotopic (exact) mass is 417 g/mol. The van der Waals surface area contributed by atoms with Crippen molar-refractivity contribution in [2.45, 2.75) is 19.9 Å². The smallest absolute Gasteiger partial charge is 0.278 e. The molecular formula is C20H24FN5O2S. The maximum Gasteiger partial charge on any atom is 0.278 e. The van der Waals surface area contributed by atoms with Crippen LogP contribution in [0.2, 0.25) is 0 Å². The fourth-order valence-corrected chi connectivity index (χ4v) is 4.40. The minimum absolute atomic E-state index is 0.0644. The predicted molar refractivity (Wildman–Crippen MR) is 111 cm³/mol. The van der Waals surface area contributed by atoms with Crippen LogP contribution in [0, 0.1) is 5.82 Å². The molecule has 1 saturated heterocycles. The van der Waals surface area contributed by atoms with Gasteiger partial charge in [-0.2, -0.15) is 5.10 Å². The number of anilines is 1. The number of hydrogen-bond acceptors (Lipinski definition) is 6. The molecule has 0 bridgehead atoms. The van der Waals surface area contributed by atoms with E-state index in [-0.39, 0.29) is 17.8 Å². The summed E-state index contributed by atoms with van der Waals surface area (Å²) >= 11 is 1.33. The van der Waals surface area contributed by atoms with E-state index in [0.29, 0.717) is 36.1 Å². The van der Waals surface area contributed by atoms with Gasteiger partial charge in [0.05, 0.1) is 23.4 Å². The van der Waals surface area contributed by atoms with Crippen LogP contribution in [-0.2, 0) is 4.74 Å². The number of benzene rings is 1. The first-order valence-corrected chi connectivity index (χ1v) is 10.6. The fraction of sp³-hybridized carbons (Fsp3) is 0.450. The number of hydrogen-bond donors (Lipinski definition) is 0. The first-order chi connectivity index (χ1) is 14.0. The number of ether oxygens (including phenoxy) is 1. The van der Waals surface area contributed by atoms with Crippen molar-refractivity contribution in [1.82, 2.24) is 19.7 Å². The lowest BCUT2D eigenvalue weighted by atomic mass is 10.3. The Bertz CT molecular complexity index is 996. The third-order valence-electron chi connectivity index (χ3n) is 4.94. The number of amides is 1. The predicted octanol–water partition coefficient (Wildman–Crippen LogP) is 3.19. The molecule has 0 N–H and O–H groups in total. The fourth-order valence-electron chi connectivity index (χ4n) is 3.39. The zero-order valence-corrected chi connectivity index (χ0v) is 17.4. The third kappa shape index (κ3) is 4.31. The summed E-state index contributed by atoms with van der Waals surface area (Å²) in [6.07, 6.45) is 1.64. The van der Waals surface area contributed by atoms with Crippen molar-refractivity contribution >= 4 is 32.6 Å². The molecule has 7 nitrogen and oxygen atoms in total. The van der Waals surface area contributed by atoms with E-state index < -0.39 is 0 Å². The lowest BCUT2D eigenvalue weighted by Gasteiger charge is -2.29. The Labute approximate surface area is 172 Å². The average molecular weight is 418 g/mol. The molecule has 1 aliphatic heterocycles. The summed E-state index contributed by atoms with van der Waals surface area (Å²) in [5, 5.41) is 4.86. The lowest BCUT2D eigenvalue weighted by molar-refractivity contribution is 0.0391. The van der Waals surface area contributed by atoms with Crippen LogP contribution in [0.5, 0.6) is 0 Å². The quantitative estimate of drug-likeness (QED) is 0.616. The summed E-state index contributed by atoms with van der Waals surface area (Å²) in [5.74, 6) is -0.458. The van der Waals surface area contributed by atoms with Gasteiger partial charge in [-0.25, -0.2) is 9.37 Å². The number of carbonyl (C=O) groups excluding carboxylic acids is 1. The van der Waals surface area contributed by atoms with Gasteiger partial charge in [0.2, 0.25) is 0 Å². The van der Waals surface area contributed by atoms with Gasteiger partial charge in [-0.1, -0.05) is 11.3 Å². The SMILES string of the molecule is CC(C)n1nccc1C(=O)N(CCN1CCOCC1)c1nc2ccc(F)cc2s1. The highest BCUT2D eigenvalue weighted by Crippen LogP contribution is 2.30. The van der Waals surface area contributed by atoms with Gasteiger partial charge in [-0.3, -0.25) is 19.3 Å². The van der Waals surface area contributed by atoms with Gasteiger partial charge in [0.1, 0.15) is 11.5 Å². The molecular weight excluding hydrogens is 393 g/mol. The normalized spacial score (nSPS) is 15.3. The van der Waals surface area contributed by atoms with Gasteiger partial charge < -0.3 is 4.74 Å². The summed E-state index contributed by atoms with van der Waals surface area (Å²) in [7, 11) is 0. The Kier molecular flexibility index (Phi) is 5.89. The lowest BCUT2D eigenvalue weighted by Crippen LogP contribution is -2.43. The third-order valence-corrected chi connectivity index (χ3v) is 5.98. The van der Waals surface area contributed by atoms with E-state index in [1.807, 2.05) is 13.8 Å². The van der Waals surface area contributed by atoms with Gasteiger partial charge in [-0.15, -0.1) is 0 Å². The largest absolute Gasteiger partial charge is 0.379 e. The molecule has 9 heteroatoms. The number of thiazole rings is 1. The molecule has 1 aliphatic rings. The molecule has 1 amide bonds. The Morgan fingerprint density at radius 2 is 2.10 bits per heavy atom. The van der Waals surface area contributed by atoms with Crippen molar-refractivity contribution in [3.8, 4) is 0 Å². The molecule has 154 valence electrons. The average Bonchev–Trinajstić information content (AvgIpc) is 3.35. The highest BCUT2D eigenvalue weighted by Gasteiger charge is 2.26. The standard InChI is InChI=1S/C20H24FN5O2S/c1-14(2)26-17(5-6-22-26)19(27)25(8-7-24-9-11-28-12-10-24)20-23-16-4-3-15(21)13-18(16)29-20/h3-6,13-14H,7-12H2,1-2H3. The van der Waals surface area contributed by atoms with E-state index in [0.717, 1.165) is 24.3 Å². The maximum absolute atomic E-state index is 13.6. The summed E-state index contributed by atoms with van der Waals surface area (Å²) in [6, 6.07) is 6.29. The minimum atomic E-state index is -0.309. The molecule has 0 saturated carbocycles. The Hall–Kier alpha value is -2.36.